The predicted molar refractivity (Wildman–Crippen MR) is 100 cm³/mol. The molecule has 0 bridgehead atoms. The van der Waals surface area contributed by atoms with Crippen LogP contribution in [0.5, 0.6) is 0 Å². The van der Waals surface area contributed by atoms with Gasteiger partial charge in [-0.1, -0.05) is 6.07 Å². The number of thiophene rings is 1. The number of carbonyl (C=O) groups excluding carboxylic acids is 1. The van der Waals surface area contributed by atoms with Gasteiger partial charge in [0.1, 0.15) is 17.2 Å². The Balaban J connectivity index is 1.63. The van der Waals surface area contributed by atoms with Crippen LogP contribution in [0.3, 0.4) is 0 Å². The first-order valence-corrected chi connectivity index (χ1v) is 9.40. The average molecular weight is 371 g/mol. The lowest BCUT2D eigenvalue weighted by Gasteiger charge is -2.11. The van der Waals surface area contributed by atoms with Crippen molar-refractivity contribution in [1.82, 2.24) is 9.55 Å². The zero-order valence-electron chi connectivity index (χ0n) is 14.3. The summed E-state index contributed by atoms with van der Waals surface area (Å²) in [6.45, 7) is 1.62. The van der Waals surface area contributed by atoms with Crippen molar-refractivity contribution in [1.29, 1.82) is 0 Å². The number of rotatable bonds is 3. The lowest BCUT2D eigenvalue weighted by Crippen LogP contribution is -2.28. The van der Waals surface area contributed by atoms with E-state index in [9.17, 15) is 14.0 Å². The molecule has 0 radical (unpaired) electrons. The van der Waals surface area contributed by atoms with Gasteiger partial charge in [-0.3, -0.25) is 14.2 Å². The van der Waals surface area contributed by atoms with Crippen LogP contribution in [0.1, 0.15) is 28.8 Å². The molecule has 7 heteroatoms. The number of fused-ring (bicyclic) bond motifs is 3. The molecular formula is C19H18FN3O2S. The van der Waals surface area contributed by atoms with E-state index in [1.54, 1.807) is 23.5 Å². The summed E-state index contributed by atoms with van der Waals surface area (Å²) in [7, 11) is 0. The predicted octanol–water partition coefficient (Wildman–Crippen LogP) is 3.42. The molecule has 0 atom stereocenters. The van der Waals surface area contributed by atoms with Crippen molar-refractivity contribution < 1.29 is 9.18 Å². The first-order valence-electron chi connectivity index (χ1n) is 8.58. The fraction of sp³-hybridized carbons (Fsp3) is 0.316. The van der Waals surface area contributed by atoms with Crippen molar-refractivity contribution in [2.45, 2.75) is 39.2 Å². The highest BCUT2D eigenvalue weighted by Crippen LogP contribution is 2.33. The summed E-state index contributed by atoms with van der Waals surface area (Å²) in [5.74, 6) is -0.960. The second-order valence-electron chi connectivity index (χ2n) is 6.60. The molecule has 2 aromatic heterocycles. The zero-order chi connectivity index (χ0) is 18.3. The van der Waals surface area contributed by atoms with Crippen LogP contribution in [0.2, 0.25) is 0 Å². The van der Waals surface area contributed by atoms with Gasteiger partial charge in [-0.25, -0.2) is 9.37 Å². The number of aromatic nitrogens is 2. The van der Waals surface area contributed by atoms with Crippen LogP contribution in [-0.4, -0.2) is 15.5 Å². The average Bonchev–Trinajstić information content (AvgIpc) is 3.00. The molecule has 0 saturated heterocycles. The lowest BCUT2D eigenvalue weighted by molar-refractivity contribution is -0.116. The van der Waals surface area contributed by atoms with Crippen molar-refractivity contribution in [2.24, 2.45) is 0 Å². The van der Waals surface area contributed by atoms with E-state index in [0.29, 0.717) is 5.39 Å². The molecule has 3 aromatic rings. The minimum atomic E-state index is -0.503. The highest BCUT2D eigenvalue weighted by Gasteiger charge is 2.20. The van der Waals surface area contributed by atoms with E-state index in [2.05, 4.69) is 10.3 Å². The summed E-state index contributed by atoms with van der Waals surface area (Å²) in [6.07, 6.45) is 5.48. The Kier molecular flexibility index (Phi) is 4.32. The minimum absolute atomic E-state index is 0.116. The normalized spacial score (nSPS) is 13.6. The van der Waals surface area contributed by atoms with Crippen LogP contribution in [0.4, 0.5) is 10.1 Å². The third kappa shape index (κ3) is 3.03. The second kappa shape index (κ2) is 6.64. The van der Waals surface area contributed by atoms with E-state index in [-0.39, 0.29) is 17.8 Å². The van der Waals surface area contributed by atoms with Gasteiger partial charge < -0.3 is 5.32 Å². The quantitative estimate of drug-likeness (QED) is 0.767. The highest BCUT2D eigenvalue weighted by molar-refractivity contribution is 7.18. The molecule has 0 fully saturated rings. The summed E-state index contributed by atoms with van der Waals surface area (Å²) in [5.41, 5.74) is 1.85. The van der Waals surface area contributed by atoms with Gasteiger partial charge in [0.05, 0.1) is 17.4 Å². The number of nitrogens with one attached hydrogen (secondary N) is 1. The Morgan fingerprint density at radius 3 is 3.00 bits per heavy atom. The number of carbonyl (C=O) groups is 1. The van der Waals surface area contributed by atoms with Gasteiger partial charge in [-0.2, -0.15) is 0 Å². The Bertz CT molecular complexity index is 1070. The summed E-state index contributed by atoms with van der Waals surface area (Å²) < 4.78 is 15.1. The van der Waals surface area contributed by atoms with Crippen LogP contribution >= 0.6 is 11.3 Å². The number of halogens is 1. The summed E-state index contributed by atoms with van der Waals surface area (Å²) in [5, 5.41) is 3.17. The van der Waals surface area contributed by atoms with Crippen molar-refractivity contribution >= 4 is 33.1 Å². The van der Waals surface area contributed by atoms with Crippen molar-refractivity contribution in [3.8, 4) is 0 Å². The molecule has 4 rings (SSSR count). The van der Waals surface area contributed by atoms with Crippen LogP contribution in [0, 0.1) is 12.7 Å². The molecular weight excluding hydrogens is 353 g/mol. The molecule has 5 nitrogen and oxygen atoms in total. The van der Waals surface area contributed by atoms with Crippen LogP contribution in [0.25, 0.3) is 10.2 Å². The number of nitrogens with zero attached hydrogens (tertiary/aromatic N) is 2. The second-order valence-corrected chi connectivity index (χ2v) is 7.68. The minimum Gasteiger partial charge on any atom is -0.322 e. The van der Waals surface area contributed by atoms with E-state index < -0.39 is 11.7 Å². The molecule has 2 heterocycles. The number of aryl methyl sites for hydroxylation is 3. The van der Waals surface area contributed by atoms with Crippen molar-refractivity contribution in [3.63, 3.8) is 0 Å². The highest BCUT2D eigenvalue weighted by atomic mass is 32.1. The van der Waals surface area contributed by atoms with E-state index in [1.165, 1.54) is 21.8 Å². The zero-order valence-corrected chi connectivity index (χ0v) is 15.2. The SMILES string of the molecule is Cc1ccc(F)c(NC(=O)Cn2cnc3sc4c(c3c2=O)CCCC4)c1. The number of benzene rings is 1. The smallest absolute Gasteiger partial charge is 0.262 e. The first kappa shape index (κ1) is 16.9. The molecule has 1 N–H and O–H groups in total. The molecule has 134 valence electrons. The Labute approximate surface area is 153 Å². The van der Waals surface area contributed by atoms with Gasteiger partial charge in [-0.05, 0) is 55.9 Å². The monoisotopic (exact) mass is 371 g/mol. The third-order valence-electron chi connectivity index (χ3n) is 4.65. The first-order chi connectivity index (χ1) is 12.5. The van der Waals surface area contributed by atoms with Crippen molar-refractivity contribution in [2.75, 3.05) is 5.32 Å². The van der Waals surface area contributed by atoms with Gasteiger partial charge in [0.25, 0.3) is 5.56 Å². The standard InChI is InChI=1S/C19H18FN3O2S/c1-11-6-7-13(20)14(8-11)22-16(24)9-23-10-21-18-17(19(23)25)12-4-2-3-5-15(12)26-18/h6-8,10H,2-5,9H2,1H3,(H,22,24). The summed E-state index contributed by atoms with van der Waals surface area (Å²) in [4.78, 5) is 31.5. The van der Waals surface area contributed by atoms with E-state index in [0.717, 1.165) is 41.6 Å². The third-order valence-corrected chi connectivity index (χ3v) is 5.85. The molecule has 26 heavy (non-hydrogen) atoms. The number of hydrogen-bond donors (Lipinski definition) is 1. The van der Waals surface area contributed by atoms with Crippen LogP contribution in [0.15, 0.2) is 29.3 Å². The number of hydrogen-bond acceptors (Lipinski definition) is 4. The molecule has 0 aliphatic heterocycles. The van der Waals surface area contributed by atoms with Gasteiger partial charge in [0.15, 0.2) is 0 Å². The van der Waals surface area contributed by atoms with Gasteiger partial charge in [0.2, 0.25) is 5.91 Å². The topological polar surface area (TPSA) is 64.0 Å². The summed E-state index contributed by atoms with van der Waals surface area (Å²) >= 11 is 1.57. The van der Waals surface area contributed by atoms with Gasteiger partial charge in [0, 0.05) is 4.88 Å². The molecule has 1 aromatic carbocycles. The van der Waals surface area contributed by atoms with Gasteiger partial charge >= 0.3 is 0 Å². The van der Waals surface area contributed by atoms with E-state index in [4.69, 9.17) is 0 Å². The number of anilines is 1. The van der Waals surface area contributed by atoms with Crippen LogP contribution in [-0.2, 0) is 24.2 Å². The Morgan fingerprint density at radius 1 is 1.35 bits per heavy atom. The van der Waals surface area contributed by atoms with E-state index in [1.807, 2.05) is 6.92 Å². The Morgan fingerprint density at radius 2 is 2.15 bits per heavy atom. The maximum Gasteiger partial charge on any atom is 0.262 e. The van der Waals surface area contributed by atoms with Crippen LogP contribution < -0.4 is 10.9 Å². The van der Waals surface area contributed by atoms with Gasteiger partial charge in [-0.15, -0.1) is 11.3 Å². The molecule has 1 aliphatic carbocycles. The summed E-state index contributed by atoms with van der Waals surface area (Å²) in [6, 6.07) is 4.50. The largest absolute Gasteiger partial charge is 0.322 e. The van der Waals surface area contributed by atoms with E-state index >= 15 is 0 Å². The molecule has 1 aliphatic rings. The fourth-order valence-electron chi connectivity index (χ4n) is 3.37. The Hall–Kier alpha value is -2.54. The van der Waals surface area contributed by atoms with Crippen molar-refractivity contribution in [3.05, 3.63) is 56.7 Å². The molecule has 0 spiro atoms. The maximum atomic E-state index is 13.8. The molecule has 1 amide bonds. The fourth-order valence-corrected chi connectivity index (χ4v) is 4.59. The lowest BCUT2D eigenvalue weighted by atomic mass is 9.97. The maximum absolute atomic E-state index is 13.8. The molecule has 0 saturated carbocycles. The number of amides is 1. The molecule has 0 unspecified atom stereocenters.